The number of pyridine rings is 1. The molecule has 6 nitrogen and oxygen atoms in total. The van der Waals surface area contributed by atoms with E-state index in [0.29, 0.717) is 26.1 Å². The molecule has 0 radical (unpaired) electrons. The van der Waals surface area contributed by atoms with Crippen LogP contribution in [0.25, 0.3) is 0 Å². The highest BCUT2D eigenvalue weighted by Crippen LogP contribution is 2.46. The van der Waals surface area contributed by atoms with Gasteiger partial charge in [-0.15, -0.1) is 0 Å². The van der Waals surface area contributed by atoms with Gasteiger partial charge in [0.2, 0.25) is 5.91 Å². The number of rotatable bonds is 5. The van der Waals surface area contributed by atoms with Gasteiger partial charge >= 0.3 is 6.09 Å². The van der Waals surface area contributed by atoms with E-state index < -0.39 is 5.60 Å². The minimum atomic E-state index is -0.483. The van der Waals surface area contributed by atoms with Gasteiger partial charge in [0.15, 0.2) is 0 Å². The monoisotopic (exact) mass is 345 g/mol. The molecule has 0 spiro atoms. The molecule has 136 valence electrons. The molecule has 1 aliphatic carbocycles. The largest absolute Gasteiger partial charge is 0.444 e. The fraction of sp³-hybridized carbons (Fsp3) is 0.632. The molecule has 0 atom stereocenters. The van der Waals surface area contributed by atoms with Crippen LogP contribution >= 0.6 is 0 Å². The topological polar surface area (TPSA) is 71.5 Å². The molecule has 1 N–H and O–H groups in total. The summed E-state index contributed by atoms with van der Waals surface area (Å²) in [6.45, 7) is 7.38. The molecule has 2 amide bonds. The van der Waals surface area contributed by atoms with Crippen molar-refractivity contribution in [1.82, 2.24) is 15.2 Å². The molecular formula is C19H27N3O3. The van der Waals surface area contributed by atoms with Crippen LogP contribution in [-0.4, -0.2) is 47.1 Å². The minimum absolute atomic E-state index is 0.0269. The highest BCUT2D eigenvalue weighted by Gasteiger charge is 2.45. The first-order chi connectivity index (χ1) is 11.8. The van der Waals surface area contributed by atoms with Crippen LogP contribution in [-0.2, 0) is 14.9 Å². The number of nitrogens with zero attached hydrogens (tertiary/aromatic N) is 2. The summed E-state index contributed by atoms with van der Waals surface area (Å²) in [5.41, 5.74) is 0.609. The van der Waals surface area contributed by atoms with Crippen molar-refractivity contribution in [3.8, 4) is 0 Å². The zero-order valence-electron chi connectivity index (χ0n) is 15.2. The van der Waals surface area contributed by atoms with Crippen LogP contribution < -0.4 is 5.32 Å². The summed E-state index contributed by atoms with van der Waals surface area (Å²) in [7, 11) is 0. The van der Waals surface area contributed by atoms with Gasteiger partial charge < -0.3 is 15.0 Å². The number of carbonyl (C=O) groups excluding carboxylic acids is 2. The average molecular weight is 345 g/mol. The second kappa shape index (κ2) is 6.65. The lowest BCUT2D eigenvalue weighted by atomic mass is 9.96. The summed E-state index contributed by atoms with van der Waals surface area (Å²) in [5, 5.41) is 3.05. The number of ether oxygens (including phenoxy) is 1. The van der Waals surface area contributed by atoms with Crippen molar-refractivity contribution in [3.63, 3.8) is 0 Å². The van der Waals surface area contributed by atoms with Crippen LogP contribution in [0, 0.1) is 5.92 Å². The molecule has 2 fully saturated rings. The molecule has 0 unspecified atom stereocenters. The second-order valence-corrected chi connectivity index (χ2v) is 8.23. The number of carbonyl (C=O) groups is 2. The van der Waals surface area contributed by atoms with Gasteiger partial charge in [0, 0.05) is 49.3 Å². The first-order valence-corrected chi connectivity index (χ1v) is 8.94. The summed E-state index contributed by atoms with van der Waals surface area (Å²) in [4.78, 5) is 30.2. The summed E-state index contributed by atoms with van der Waals surface area (Å²) >= 11 is 0. The maximum Gasteiger partial charge on any atom is 0.410 e. The smallest absolute Gasteiger partial charge is 0.410 e. The first-order valence-electron chi connectivity index (χ1n) is 8.94. The number of nitrogens with one attached hydrogen (secondary N) is 1. The Morgan fingerprint density at radius 3 is 2.60 bits per heavy atom. The molecule has 2 aliphatic rings. The van der Waals surface area contributed by atoms with Crippen molar-refractivity contribution < 1.29 is 14.3 Å². The molecule has 1 saturated heterocycles. The Morgan fingerprint density at radius 1 is 1.32 bits per heavy atom. The van der Waals surface area contributed by atoms with Crippen LogP contribution in [0.1, 0.15) is 45.7 Å². The van der Waals surface area contributed by atoms with E-state index in [1.165, 1.54) is 0 Å². The molecule has 1 aromatic heterocycles. The molecule has 1 saturated carbocycles. The second-order valence-electron chi connectivity index (χ2n) is 8.23. The molecule has 3 rings (SSSR count). The Bertz CT molecular complexity index is 629. The van der Waals surface area contributed by atoms with Crippen LogP contribution in [0.4, 0.5) is 4.79 Å². The van der Waals surface area contributed by atoms with E-state index in [4.69, 9.17) is 4.74 Å². The van der Waals surface area contributed by atoms with Gasteiger partial charge in [0.1, 0.15) is 5.60 Å². The normalized spacial score (nSPS) is 19.1. The quantitative estimate of drug-likeness (QED) is 0.890. The Morgan fingerprint density at radius 2 is 2.04 bits per heavy atom. The molecule has 1 aromatic rings. The number of aromatic nitrogens is 1. The number of hydrogen-bond donors (Lipinski definition) is 1. The van der Waals surface area contributed by atoms with Gasteiger partial charge in [0.25, 0.3) is 0 Å². The van der Waals surface area contributed by atoms with Crippen LogP contribution in [0.2, 0.25) is 0 Å². The van der Waals surface area contributed by atoms with E-state index in [-0.39, 0.29) is 23.3 Å². The minimum Gasteiger partial charge on any atom is -0.444 e. The van der Waals surface area contributed by atoms with Gasteiger partial charge in [-0.2, -0.15) is 0 Å². The van der Waals surface area contributed by atoms with Crippen molar-refractivity contribution >= 4 is 12.0 Å². The van der Waals surface area contributed by atoms with Gasteiger partial charge in [-0.3, -0.25) is 9.78 Å². The van der Waals surface area contributed by atoms with Crippen molar-refractivity contribution in [1.29, 1.82) is 0 Å². The summed E-state index contributed by atoms with van der Waals surface area (Å²) in [6.07, 6.45) is 4.10. The molecular weight excluding hydrogens is 318 g/mol. The van der Waals surface area contributed by atoms with Gasteiger partial charge in [-0.25, -0.2) is 4.79 Å². The Kier molecular flexibility index (Phi) is 4.71. The Labute approximate surface area is 148 Å². The zero-order valence-corrected chi connectivity index (χ0v) is 15.2. The van der Waals surface area contributed by atoms with E-state index in [2.05, 4.69) is 10.3 Å². The molecule has 0 aromatic carbocycles. The summed E-state index contributed by atoms with van der Waals surface area (Å²) in [5.74, 6) is 0.272. The van der Waals surface area contributed by atoms with Gasteiger partial charge in [0.05, 0.1) is 0 Å². The average Bonchev–Trinajstić information content (AvgIpc) is 3.29. The predicted molar refractivity (Wildman–Crippen MR) is 94.1 cm³/mol. The molecule has 1 aliphatic heterocycles. The standard InChI is InChI=1S/C19H27N3O3/c1-18(2,3)25-17(24)22-11-14(12-22)10-16(23)21-13-19(7-8-19)15-6-4-5-9-20-15/h4-6,9,14H,7-8,10-13H2,1-3H3,(H,21,23). The third-order valence-corrected chi connectivity index (χ3v) is 4.77. The molecule has 0 bridgehead atoms. The summed E-state index contributed by atoms with van der Waals surface area (Å²) < 4.78 is 5.32. The number of likely N-dealkylation sites (tertiary alicyclic amines) is 1. The highest BCUT2D eigenvalue weighted by atomic mass is 16.6. The predicted octanol–water partition coefficient (Wildman–Crippen LogP) is 2.49. The Hall–Kier alpha value is -2.11. The lowest BCUT2D eigenvalue weighted by molar-refractivity contribution is -0.123. The maximum atomic E-state index is 12.2. The van der Waals surface area contributed by atoms with Crippen LogP contribution in [0.5, 0.6) is 0 Å². The lowest BCUT2D eigenvalue weighted by Gasteiger charge is -2.39. The van der Waals surface area contributed by atoms with Crippen molar-refractivity contribution in [2.24, 2.45) is 5.92 Å². The molecule has 6 heteroatoms. The number of amides is 2. The zero-order chi connectivity index (χ0) is 18.1. The SMILES string of the molecule is CC(C)(C)OC(=O)N1CC(CC(=O)NCC2(c3ccccn3)CC2)C1. The Balaban J connectivity index is 1.38. The fourth-order valence-electron chi connectivity index (χ4n) is 3.13. The molecule has 2 heterocycles. The van der Waals surface area contributed by atoms with E-state index in [1.54, 1.807) is 11.1 Å². The van der Waals surface area contributed by atoms with E-state index in [0.717, 1.165) is 18.5 Å². The third kappa shape index (κ3) is 4.50. The van der Waals surface area contributed by atoms with Crippen LogP contribution in [0.15, 0.2) is 24.4 Å². The fourth-order valence-corrected chi connectivity index (χ4v) is 3.13. The molecule has 25 heavy (non-hydrogen) atoms. The summed E-state index contributed by atoms with van der Waals surface area (Å²) in [6, 6.07) is 5.93. The van der Waals surface area contributed by atoms with E-state index >= 15 is 0 Å². The van der Waals surface area contributed by atoms with Crippen molar-refractivity contribution in [2.45, 2.75) is 51.0 Å². The van der Waals surface area contributed by atoms with E-state index in [1.807, 2.05) is 39.0 Å². The van der Waals surface area contributed by atoms with Crippen molar-refractivity contribution in [3.05, 3.63) is 30.1 Å². The highest BCUT2D eigenvalue weighted by molar-refractivity contribution is 5.77. The first kappa shape index (κ1) is 17.7. The van der Waals surface area contributed by atoms with Crippen LogP contribution in [0.3, 0.4) is 0 Å². The lowest BCUT2D eigenvalue weighted by Crippen LogP contribution is -2.52. The third-order valence-electron chi connectivity index (χ3n) is 4.77. The number of hydrogen-bond acceptors (Lipinski definition) is 4. The maximum absolute atomic E-state index is 12.2. The van der Waals surface area contributed by atoms with Gasteiger partial charge in [-0.1, -0.05) is 6.07 Å². The van der Waals surface area contributed by atoms with Gasteiger partial charge in [-0.05, 0) is 45.7 Å². The van der Waals surface area contributed by atoms with E-state index in [9.17, 15) is 9.59 Å². The van der Waals surface area contributed by atoms with Crippen molar-refractivity contribution in [2.75, 3.05) is 19.6 Å².